The molecule has 0 aliphatic rings. The van der Waals surface area contributed by atoms with Crippen LogP contribution in [-0.2, 0) is 11.3 Å². The van der Waals surface area contributed by atoms with Crippen LogP contribution in [0.4, 0.5) is 5.69 Å². The number of rotatable bonds is 8. The van der Waals surface area contributed by atoms with Gasteiger partial charge in [-0.05, 0) is 31.2 Å². The molecule has 0 radical (unpaired) electrons. The number of aromatic nitrogens is 3. The Bertz CT molecular complexity index is 1000. The summed E-state index contributed by atoms with van der Waals surface area (Å²) in [6, 6.07) is 7.14. The molecule has 6 nitrogen and oxygen atoms in total. The molecule has 9 heteroatoms. The summed E-state index contributed by atoms with van der Waals surface area (Å²) in [4.78, 5) is 13.6. The molecular formula is C19H19ClN4O2S2. The highest BCUT2D eigenvalue weighted by atomic mass is 35.5. The summed E-state index contributed by atoms with van der Waals surface area (Å²) in [5, 5.41) is 14.6. The first-order valence-corrected chi connectivity index (χ1v) is 10.6. The van der Waals surface area contributed by atoms with Gasteiger partial charge in [0.2, 0.25) is 5.91 Å². The predicted molar refractivity (Wildman–Crippen MR) is 116 cm³/mol. The zero-order chi connectivity index (χ0) is 20.1. The number of hydrogen-bond donors (Lipinski definition) is 1. The highest BCUT2D eigenvalue weighted by molar-refractivity contribution is 7.99. The number of thiophene rings is 1. The average Bonchev–Trinajstić information content (AvgIpc) is 3.26. The Morgan fingerprint density at radius 2 is 2.25 bits per heavy atom. The summed E-state index contributed by atoms with van der Waals surface area (Å²) >= 11 is 8.98. The number of carbonyl (C=O) groups is 1. The molecule has 0 spiro atoms. The number of hydrogen-bond acceptors (Lipinski definition) is 6. The van der Waals surface area contributed by atoms with Crippen LogP contribution in [0, 0.1) is 6.92 Å². The fourth-order valence-electron chi connectivity index (χ4n) is 2.56. The zero-order valence-electron chi connectivity index (χ0n) is 15.4. The second-order valence-electron chi connectivity index (χ2n) is 5.83. The summed E-state index contributed by atoms with van der Waals surface area (Å²) < 4.78 is 7.20. The van der Waals surface area contributed by atoms with E-state index in [0.717, 1.165) is 11.4 Å². The first-order valence-electron chi connectivity index (χ1n) is 8.37. The first kappa shape index (κ1) is 20.4. The van der Waals surface area contributed by atoms with Crippen LogP contribution >= 0.6 is 34.7 Å². The number of nitrogens with one attached hydrogen (secondary N) is 1. The molecular weight excluding hydrogens is 416 g/mol. The number of allylic oxidation sites excluding steroid dienone is 1. The average molecular weight is 435 g/mol. The van der Waals surface area contributed by atoms with Crippen molar-refractivity contribution in [1.29, 1.82) is 0 Å². The quantitative estimate of drug-likeness (QED) is 0.403. The molecule has 0 bridgehead atoms. The van der Waals surface area contributed by atoms with Crippen LogP contribution in [0.5, 0.6) is 5.75 Å². The van der Waals surface area contributed by atoms with Crippen LogP contribution in [0.2, 0.25) is 5.02 Å². The molecule has 2 heterocycles. The van der Waals surface area contributed by atoms with E-state index in [0.29, 0.717) is 28.2 Å². The molecule has 2 aromatic heterocycles. The second kappa shape index (κ2) is 9.27. The lowest BCUT2D eigenvalue weighted by Gasteiger charge is -2.10. The smallest absolute Gasteiger partial charge is 0.234 e. The van der Waals surface area contributed by atoms with E-state index in [-0.39, 0.29) is 11.7 Å². The van der Waals surface area contributed by atoms with Crippen LogP contribution in [0.1, 0.15) is 4.88 Å². The standard InChI is InChI=1S/C19H19ClN4O2S2/c1-4-7-24-18(13-8-12(2)27-10-13)22-23-19(24)28-11-17(25)21-15-9-14(20)5-6-16(15)26-3/h4-6,8-10H,1,7,11H2,2-3H3,(H,21,25). The van der Waals surface area contributed by atoms with Crippen molar-refractivity contribution in [3.8, 4) is 17.1 Å². The SMILES string of the molecule is C=CCn1c(SCC(=O)Nc2cc(Cl)ccc2OC)nnc1-c1csc(C)c1. The van der Waals surface area contributed by atoms with Gasteiger partial charge in [0, 0.05) is 27.4 Å². The van der Waals surface area contributed by atoms with Crippen molar-refractivity contribution in [3.63, 3.8) is 0 Å². The topological polar surface area (TPSA) is 69.0 Å². The van der Waals surface area contributed by atoms with Gasteiger partial charge < -0.3 is 10.1 Å². The lowest BCUT2D eigenvalue weighted by atomic mass is 10.3. The number of amides is 1. The van der Waals surface area contributed by atoms with Gasteiger partial charge in [0.05, 0.1) is 18.6 Å². The van der Waals surface area contributed by atoms with Crippen molar-refractivity contribution in [1.82, 2.24) is 14.8 Å². The minimum absolute atomic E-state index is 0.174. The summed E-state index contributed by atoms with van der Waals surface area (Å²) in [7, 11) is 1.54. The first-order chi connectivity index (χ1) is 13.5. The van der Waals surface area contributed by atoms with Crippen molar-refractivity contribution in [2.24, 2.45) is 0 Å². The number of carbonyl (C=O) groups excluding carboxylic acids is 1. The maximum absolute atomic E-state index is 12.4. The Hall–Kier alpha value is -2.29. The minimum atomic E-state index is -0.188. The summed E-state index contributed by atoms with van der Waals surface area (Å²) in [5.41, 5.74) is 1.54. The molecule has 146 valence electrons. The molecule has 1 aromatic carbocycles. The Balaban J connectivity index is 1.72. The third-order valence-corrected chi connectivity index (χ3v) is 5.85. The number of benzene rings is 1. The highest BCUT2D eigenvalue weighted by Crippen LogP contribution is 2.29. The number of nitrogens with zero attached hydrogens (tertiary/aromatic N) is 3. The number of methoxy groups -OCH3 is 1. The molecule has 0 aliphatic heterocycles. The van der Waals surface area contributed by atoms with Crippen LogP contribution < -0.4 is 10.1 Å². The van der Waals surface area contributed by atoms with Gasteiger partial charge in [-0.15, -0.1) is 28.1 Å². The van der Waals surface area contributed by atoms with Gasteiger partial charge in [-0.25, -0.2) is 0 Å². The minimum Gasteiger partial charge on any atom is -0.495 e. The molecule has 0 saturated heterocycles. The number of aryl methyl sites for hydroxylation is 1. The van der Waals surface area contributed by atoms with Gasteiger partial charge in [-0.2, -0.15) is 0 Å². The highest BCUT2D eigenvalue weighted by Gasteiger charge is 2.16. The van der Waals surface area contributed by atoms with E-state index in [9.17, 15) is 4.79 Å². The van der Waals surface area contributed by atoms with Gasteiger partial charge in [0.1, 0.15) is 5.75 Å². The van der Waals surface area contributed by atoms with E-state index in [4.69, 9.17) is 16.3 Å². The van der Waals surface area contributed by atoms with E-state index in [1.54, 1.807) is 42.7 Å². The molecule has 1 amide bonds. The van der Waals surface area contributed by atoms with Gasteiger partial charge in [-0.3, -0.25) is 9.36 Å². The van der Waals surface area contributed by atoms with Gasteiger partial charge >= 0.3 is 0 Å². The van der Waals surface area contributed by atoms with Crippen LogP contribution in [-0.4, -0.2) is 33.5 Å². The molecule has 0 unspecified atom stereocenters. The zero-order valence-corrected chi connectivity index (χ0v) is 17.8. The van der Waals surface area contributed by atoms with Crippen molar-refractivity contribution < 1.29 is 9.53 Å². The fraction of sp³-hybridized carbons (Fsp3) is 0.211. The molecule has 1 N–H and O–H groups in total. The number of halogens is 1. The Morgan fingerprint density at radius 3 is 2.93 bits per heavy atom. The van der Waals surface area contributed by atoms with Gasteiger partial charge in [0.15, 0.2) is 11.0 Å². The van der Waals surface area contributed by atoms with E-state index in [1.165, 1.54) is 16.6 Å². The van der Waals surface area contributed by atoms with E-state index in [2.05, 4.69) is 28.2 Å². The molecule has 0 fully saturated rings. The fourth-order valence-corrected chi connectivity index (χ4v) is 4.16. The van der Waals surface area contributed by atoms with Crippen LogP contribution in [0.3, 0.4) is 0 Å². The number of anilines is 1. The van der Waals surface area contributed by atoms with Gasteiger partial charge in [0.25, 0.3) is 0 Å². The van der Waals surface area contributed by atoms with Crippen molar-refractivity contribution in [2.45, 2.75) is 18.6 Å². The van der Waals surface area contributed by atoms with Crippen LogP contribution in [0.25, 0.3) is 11.4 Å². The van der Waals surface area contributed by atoms with E-state index >= 15 is 0 Å². The second-order valence-corrected chi connectivity index (χ2v) is 8.33. The lowest BCUT2D eigenvalue weighted by Crippen LogP contribution is -2.15. The lowest BCUT2D eigenvalue weighted by molar-refractivity contribution is -0.113. The Kier molecular flexibility index (Phi) is 6.77. The Morgan fingerprint density at radius 1 is 1.43 bits per heavy atom. The largest absolute Gasteiger partial charge is 0.495 e. The molecule has 0 aliphatic carbocycles. The maximum Gasteiger partial charge on any atom is 0.234 e. The van der Waals surface area contributed by atoms with Crippen molar-refractivity contribution in [2.75, 3.05) is 18.2 Å². The normalized spacial score (nSPS) is 10.7. The Labute approximate surface area is 176 Å². The monoisotopic (exact) mass is 434 g/mol. The molecule has 28 heavy (non-hydrogen) atoms. The molecule has 0 saturated carbocycles. The van der Waals surface area contributed by atoms with E-state index in [1.807, 2.05) is 16.9 Å². The summed E-state index contributed by atoms with van der Waals surface area (Å²) in [5.74, 6) is 1.30. The maximum atomic E-state index is 12.4. The predicted octanol–water partition coefficient (Wildman–Crippen LogP) is 4.89. The molecule has 3 rings (SSSR count). The molecule has 3 aromatic rings. The third kappa shape index (κ3) is 4.76. The molecule has 0 atom stereocenters. The number of ether oxygens (including phenoxy) is 1. The van der Waals surface area contributed by atoms with Crippen molar-refractivity contribution in [3.05, 3.63) is 52.2 Å². The van der Waals surface area contributed by atoms with Crippen LogP contribution in [0.15, 0.2) is 47.5 Å². The van der Waals surface area contributed by atoms with Gasteiger partial charge in [-0.1, -0.05) is 29.4 Å². The number of thioether (sulfide) groups is 1. The van der Waals surface area contributed by atoms with Crippen molar-refractivity contribution >= 4 is 46.3 Å². The van der Waals surface area contributed by atoms with E-state index < -0.39 is 0 Å². The third-order valence-electron chi connectivity index (χ3n) is 3.79. The summed E-state index contributed by atoms with van der Waals surface area (Å²) in [6.45, 7) is 6.41. The summed E-state index contributed by atoms with van der Waals surface area (Å²) in [6.07, 6.45) is 1.78.